The quantitative estimate of drug-likeness (QED) is 0.387. The Balaban J connectivity index is 0.00000242. The van der Waals surface area contributed by atoms with Gasteiger partial charge in [-0.3, -0.25) is 9.79 Å². The molecule has 1 amide bonds. The van der Waals surface area contributed by atoms with Crippen LogP contribution in [-0.2, 0) is 9.53 Å². The number of nitrogens with one attached hydrogen (secondary N) is 2. The molecule has 0 aromatic carbocycles. The van der Waals surface area contributed by atoms with Crippen LogP contribution in [0.1, 0.15) is 19.3 Å². The number of likely N-dealkylation sites (N-methyl/N-ethyl adjacent to an activating group) is 1. The highest BCUT2D eigenvalue weighted by Crippen LogP contribution is 2.38. The number of amides is 1. The Morgan fingerprint density at radius 2 is 2.27 bits per heavy atom. The Bertz CT molecular complexity index is 400. The largest absolute Gasteiger partial charge is 0.374 e. The summed E-state index contributed by atoms with van der Waals surface area (Å²) in [5.74, 6) is 3.01. The van der Waals surface area contributed by atoms with Crippen molar-refractivity contribution in [2.75, 3.05) is 45.8 Å². The van der Waals surface area contributed by atoms with E-state index in [4.69, 9.17) is 4.74 Å². The molecule has 0 aliphatic carbocycles. The summed E-state index contributed by atoms with van der Waals surface area (Å²) >= 11 is 1.97. The zero-order valence-electron chi connectivity index (χ0n) is 13.6. The summed E-state index contributed by atoms with van der Waals surface area (Å²) in [6.07, 6.45) is 3.14. The first-order valence-electron chi connectivity index (χ1n) is 7.44. The van der Waals surface area contributed by atoms with Gasteiger partial charge in [0.1, 0.15) is 0 Å². The van der Waals surface area contributed by atoms with Gasteiger partial charge in [-0.05, 0) is 25.0 Å². The van der Waals surface area contributed by atoms with Crippen LogP contribution in [0.5, 0.6) is 0 Å². The maximum absolute atomic E-state index is 11.6. The van der Waals surface area contributed by atoms with Gasteiger partial charge in [0.2, 0.25) is 5.91 Å². The Hall–Kier alpha value is -0.220. The Kier molecular flexibility index (Phi) is 8.26. The number of ether oxygens (including phenoxy) is 1. The van der Waals surface area contributed by atoms with Crippen molar-refractivity contribution < 1.29 is 9.53 Å². The van der Waals surface area contributed by atoms with E-state index in [1.807, 2.05) is 11.8 Å². The third-order valence-corrected chi connectivity index (χ3v) is 5.25. The van der Waals surface area contributed by atoms with Crippen molar-refractivity contribution in [2.45, 2.75) is 30.9 Å². The molecule has 2 N–H and O–H groups in total. The number of carbonyl (C=O) groups is 1. The molecule has 0 bridgehead atoms. The van der Waals surface area contributed by atoms with Crippen LogP contribution in [0.15, 0.2) is 4.99 Å². The fourth-order valence-electron chi connectivity index (χ4n) is 2.72. The molecule has 22 heavy (non-hydrogen) atoms. The normalized spacial score (nSPS) is 28.1. The minimum absolute atomic E-state index is 0. The maximum atomic E-state index is 11.6. The average Bonchev–Trinajstić information content (AvgIpc) is 2.90. The summed E-state index contributed by atoms with van der Waals surface area (Å²) in [6.45, 7) is 1.06. The van der Waals surface area contributed by atoms with Crippen LogP contribution in [0, 0.1) is 0 Å². The van der Waals surface area contributed by atoms with Crippen LogP contribution in [0.3, 0.4) is 0 Å². The van der Waals surface area contributed by atoms with Gasteiger partial charge < -0.3 is 20.3 Å². The minimum atomic E-state index is 0. The summed E-state index contributed by atoms with van der Waals surface area (Å²) in [4.78, 5) is 17.4. The van der Waals surface area contributed by atoms with Crippen molar-refractivity contribution in [3.63, 3.8) is 0 Å². The molecule has 2 fully saturated rings. The molecule has 0 radical (unpaired) electrons. The van der Waals surface area contributed by atoms with E-state index < -0.39 is 0 Å². The number of guanidine groups is 1. The second-order valence-electron chi connectivity index (χ2n) is 5.88. The molecule has 2 aliphatic rings. The van der Waals surface area contributed by atoms with E-state index in [0.29, 0.717) is 12.0 Å². The number of nitrogens with zero attached hydrogens (tertiary/aromatic N) is 2. The monoisotopic (exact) mass is 442 g/mol. The standard InChI is InChI=1S/C14H26N4O2S.HI/c1-15-13(16-9-12(19)18(2)3)17-11-4-6-20-14(8-11)5-7-21-10-14;/h11H,4-10H2,1-3H3,(H2,15,16,17);1H. The first kappa shape index (κ1) is 19.8. The second-order valence-corrected chi connectivity index (χ2v) is 6.99. The summed E-state index contributed by atoms with van der Waals surface area (Å²) < 4.78 is 6.02. The van der Waals surface area contributed by atoms with Crippen LogP contribution in [0.2, 0.25) is 0 Å². The highest BCUT2D eigenvalue weighted by Gasteiger charge is 2.40. The van der Waals surface area contributed by atoms with Gasteiger partial charge in [-0.2, -0.15) is 11.8 Å². The lowest BCUT2D eigenvalue weighted by atomic mass is 9.90. The zero-order chi connectivity index (χ0) is 15.3. The molecular weight excluding hydrogens is 415 g/mol. The molecule has 6 nitrogen and oxygen atoms in total. The SMILES string of the molecule is CN=C(NCC(=O)N(C)C)NC1CCOC2(CCSC2)C1.I. The van der Waals surface area contributed by atoms with E-state index in [-0.39, 0.29) is 42.0 Å². The summed E-state index contributed by atoms with van der Waals surface area (Å²) in [7, 11) is 5.23. The molecule has 128 valence electrons. The third kappa shape index (κ3) is 5.45. The minimum Gasteiger partial charge on any atom is -0.374 e. The Morgan fingerprint density at radius 3 is 2.86 bits per heavy atom. The van der Waals surface area contributed by atoms with Crippen LogP contribution in [0.25, 0.3) is 0 Å². The number of hydrogen-bond acceptors (Lipinski definition) is 4. The maximum Gasteiger partial charge on any atom is 0.241 e. The van der Waals surface area contributed by atoms with E-state index in [1.165, 1.54) is 5.75 Å². The number of carbonyl (C=O) groups excluding carboxylic acids is 1. The van der Waals surface area contributed by atoms with Crippen LogP contribution in [0.4, 0.5) is 0 Å². The molecule has 1 spiro atoms. The highest BCUT2D eigenvalue weighted by molar-refractivity contribution is 14.0. The van der Waals surface area contributed by atoms with Crippen molar-refractivity contribution in [3.8, 4) is 0 Å². The van der Waals surface area contributed by atoms with Crippen LogP contribution < -0.4 is 10.6 Å². The number of halogens is 1. The van der Waals surface area contributed by atoms with Gasteiger partial charge in [0, 0.05) is 39.5 Å². The number of rotatable bonds is 3. The lowest BCUT2D eigenvalue weighted by molar-refractivity contribution is -0.127. The number of aliphatic imine (C=N–C) groups is 1. The van der Waals surface area contributed by atoms with Crippen molar-refractivity contribution in [2.24, 2.45) is 4.99 Å². The Morgan fingerprint density at radius 1 is 1.50 bits per heavy atom. The first-order chi connectivity index (χ1) is 10.0. The van der Waals surface area contributed by atoms with Crippen LogP contribution in [-0.4, -0.2) is 74.2 Å². The zero-order valence-corrected chi connectivity index (χ0v) is 16.7. The summed E-state index contributed by atoms with van der Waals surface area (Å²) in [5.41, 5.74) is 0.0545. The van der Waals surface area contributed by atoms with Crippen molar-refractivity contribution in [1.29, 1.82) is 0 Å². The molecule has 2 aliphatic heterocycles. The molecule has 2 atom stereocenters. The predicted molar refractivity (Wildman–Crippen MR) is 102 cm³/mol. The molecule has 8 heteroatoms. The molecule has 2 heterocycles. The van der Waals surface area contributed by atoms with Crippen molar-refractivity contribution in [1.82, 2.24) is 15.5 Å². The van der Waals surface area contributed by atoms with Gasteiger partial charge in [-0.1, -0.05) is 0 Å². The van der Waals surface area contributed by atoms with Gasteiger partial charge in [0.05, 0.1) is 12.1 Å². The molecule has 2 saturated heterocycles. The van der Waals surface area contributed by atoms with Gasteiger partial charge in [-0.15, -0.1) is 24.0 Å². The Labute approximate surface area is 154 Å². The highest BCUT2D eigenvalue weighted by atomic mass is 127. The lowest BCUT2D eigenvalue weighted by Crippen LogP contribution is -2.52. The fourth-order valence-corrected chi connectivity index (χ4v) is 4.10. The third-order valence-electron chi connectivity index (χ3n) is 4.03. The molecule has 0 aromatic heterocycles. The summed E-state index contributed by atoms with van der Waals surface area (Å²) in [6, 6.07) is 0.359. The molecule has 0 aromatic rings. The van der Waals surface area contributed by atoms with Crippen molar-refractivity contribution in [3.05, 3.63) is 0 Å². The number of thioether (sulfide) groups is 1. The van der Waals surface area contributed by atoms with E-state index in [1.54, 1.807) is 26.0 Å². The van der Waals surface area contributed by atoms with Gasteiger partial charge in [0.25, 0.3) is 0 Å². The number of hydrogen-bond donors (Lipinski definition) is 2. The van der Waals surface area contributed by atoms with E-state index >= 15 is 0 Å². The van der Waals surface area contributed by atoms with E-state index in [9.17, 15) is 4.79 Å². The molecule has 2 unspecified atom stereocenters. The lowest BCUT2D eigenvalue weighted by Gasteiger charge is -2.38. The van der Waals surface area contributed by atoms with Gasteiger partial charge in [0.15, 0.2) is 5.96 Å². The van der Waals surface area contributed by atoms with Gasteiger partial charge >= 0.3 is 0 Å². The van der Waals surface area contributed by atoms with E-state index in [0.717, 1.165) is 31.6 Å². The van der Waals surface area contributed by atoms with E-state index in [2.05, 4.69) is 15.6 Å². The van der Waals surface area contributed by atoms with Crippen molar-refractivity contribution >= 4 is 47.6 Å². The smallest absolute Gasteiger partial charge is 0.241 e. The fraction of sp³-hybridized carbons (Fsp3) is 0.857. The van der Waals surface area contributed by atoms with Crippen LogP contribution >= 0.6 is 35.7 Å². The predicted octanol–water partition coefficient (Wildman–Crippen LogP) is 0.912. The molecular formula is C14H27IN4O2S. The topological polar surface area (TPSA) is 66.0 Å². The molecule has 0 saturated carbocycles. The average molecular weight is 442 g/mol. The molecule has 2 rings (SSSR count). The first-order valence-corrected chi connectivity index (χ1v) is 8.59. The summed E-state index contributed by atoms with van der Waals surface area (Å²) in [5, 5.41) is 6.51. The second kappa shape index (κ2) is 9.17. The van der Waals surface area contributed by atoms with Gasteiger partial charge in [-0.25, -0.2) is 0 Å².